The average Bonchev–Trinajstić information content (AvgIpc) is 2.73. The molecule has 2 rings (SSSR count). The minimum Gasteiger partial charge on any atom is -0.497 e. The van der Waals surface area contributed by atoms with E-state index in [4.69, 9.17) is 23.7 Å². The Morgan fingerprint density at radius 3 is 2.24 bits per heavy atom. The van der Waals surface area contributed by atoms with E-state index in [2.05, 4.69) is 0 Å². The van der Waals surface area contributed by atoms with Crippen LogP contribution in [0, 0.1) is 0 Å². The average molecular weight is 405 g/mol. The highest BCUT2D eigenvalue weighted by Gasteiger charge is 2.12. The Morgan fingerprint density at radius 2 is 1.59 bits per heavy atom. The van der Waals surface area contributed by atoms with Crippen molar-refractivity contribution >= 4 is 0 Å². The minimum atomic E-state index is -0.613. The van der Waals surface area contributed by atoms with Gasteiger partial charge in [0.05, 0.1) is 20.8 Å². The molecule has 0 aromatic heterocycles. The van der Waals surface area contributed by atoms with Crippen LogP contribution in [-0.2, 0) is 11.3 Å². The topological polar surface area (TPSA) is 69.6 Å². The van der Waals surface area contributed by atoms with Crippen LogP contribution >= 0.6 is 0 Å². The van der Waals surface area contributed by atoms with E-state index in [0.29, 0.717) is 43.6 Å². The van der Waals surface area contributed by atoms with Crippen LogP contribution in [-0.4, -0.2) is 70.9 Å². The Morgan fingerprint density at radius 1 is 0.862 bits per heavy atom. The highest BCUT2D eigenvalue weighted by atomic mass is 16.5. The molecule has 29 heavy (non-hydrogen) atoms. The highest BCUT2D eigenvalue weighted by Crippen LogP contribution is 2.28. The lowest BCUT2D eigenvalue weighted by atomic mass is 10.2. The number of hydrogen-bond acceptors (Lipinski definition) is 7. The number of aliphatic hydroxyl groups is 1. The van der Waals surface area contributed by atoms with Crippen molar-refractivity contribution in [1.29, 1.82) is 0 Å². The zero-order valence-corrected chi connectivity index (χ0v) is 17.6. The summed E-state index contributed by atoms with van der Waals surface area (Å²) in [6.07, 6.45) is -0.613. The maximum atomic E-state index is 10.3. The molecule has 0 radical (unpaired) electrons. The molecular weight excluding hydrogens is 374 g/mol. The van der Waals surface area contributed by atoms with Crippen LogP contribution in [0.1, 0.15) is 5.56 Å². The molecule has 2 aromatic carbocycles. The second-order valence-corrected chi connectivity index (χ2v) is 6.66. The van der Waals surface area contributed by atoms with E-state index in [1.54, 1.807) is 21.3 Å². The lowest BCUT2D eigenvalue weighted by molar-refractivity contribution is 0.0743. The van der Waals surface area contributed by atoms with Gasteiger partial charge in [-0.1, -0.05) is 6.07 Å². The third kappa shape index (κ3) is 7.81. The number of aliphatic hydroxyl groups excluding tert-OH is 1. The number of nitrogens with zero attached hydrogens (tertiary/aromatic N) is 1. The predicted octanol–water partition coefficient (Wildman–Crippen LogP) is 2.60. The van der Waals surface area contributed by atoms with E-state index in [1.165, 1.54) is 0 Å². The Labute approximate surface area is 172 Å². The molecule has 1 N–H and O–H groups in total. The van der Waals surface area contributed by atoms with E-state index in [9.17, 15) is 5.11 Å². The predicted molar refractivity (Wildman–Crippen MR) is 111 cm³/mol. The van der Waals surface area contributed by atoms with E-state index >= 15 is 0 Å². The Kier molecular flexibility index (Phi) is 9.56. The summed E-state index contributed by atoms with van der Waals surface area (Å²) in [5.74, 6) is 2.82. The van der Waals surface area contributed by atoms with Crippen molar-refractivity contribution in [1.82, 2.24) is 4.90 Å². The van der Waals surface area contributed by atoms with Crippen LogP contribution in [0.3, 0.4) is 0 Å². The van der Waals surface area contributed by atoms with Crippen LogP contribution < -0.4 is 18.9 Å². The molecule has 1 atom stereocenters. The highest BCUT2D eigenvalue weighted by molar-refractivity contribution is 5.43. The number of rotatable bonds is 13. The zero-order chi connectivity index (χ0) is 21.1. The summed E-state index contributed by atoms with van der Waals surface area (Å²) in [6, 6.07) is 13.1. The van der Waals surface area contributed by atoms with Gasteiger partial charge in [-0.2, -0.15) is 0 Å². The molecule has 0 amide bonds. The SMILES string of the molecule is COCCOc1cc(CN(C)C[C@H](O)COc2ccc(OC)cc2)ccc1OC. The summed E-state index contributed by atoms with van der Waals surface area (Å²) in [7, 11) is 6.82. The Hall–Kier alpha value is -2.48. The van der Waals surface area contributed by atoms with Gasteiger partial charge in [0.1, 0.15) is 30.8 Å². The van der Waals surface area contributed by atoms with E-state index in [1.807, 2.05) is 54.4 Å². The fourth-order valence-electron chi connectivity index (χ4n) is 2.82. The zero-order valence-electron chi connectivity index (χ0n) is 17.6. The number of hydrogen-bond donors (Lipinski definition) is 1. The van der Waals surface area contributed by atoms with E-state index in [-0.39, 0.29) is 6.61 Å². The number of ether oxygens (including phenoxy) is 5. The molecule has 160 valence electrons. The smallest absolute Gasteiger partial charge is 0.161 e. The van der Waals surface area contributed by atoms with Crippen molar-refractivity contribution in [2.45, 2.75) is 12.6 Å². The Balaban J connectivity index is 1.83. The Bertz CT molecular complexity index is 722. The first kappa shape index (κ1) is 22.8. The molecule has 0 aliphatic carbocycles. The van der Waals surface area contributed by atoms with Crippen LogP contribution in [0.5, 0.6) is 23.0 Å². The molecule has 7 nitrogen and oxygen atoms in total. The molecule has 2 aromatic rings. The standard InChI is InChI=1S/C22H31NO6/c1-23(15-18(24)16-29-20-8-6-19(26-3)7-9-20)14-17-5-10-21(27-4)22(13-17)28-12-11-25-2/h5-10,13,18,24H,11-12,14-16H2,1-4H3/t18-/m0/s1. The van der Waals surface area contributed by atoms with Crippen LogP contribution in [0.4, 0.5) is 0 Å². The normalized spacial score (nSPS) is 11.9. The van der Waals surface area contributed by atoms with Gasteiger partial charge in [0.25, 0.3) is 0 Å². The summed E-state index contributed by atoms with van der Waals surface area (Å²) in [5.41, 5.74) is 1.06. The molecule has 0 aliphatic heterocycles. The number of benzene rings is 2. The largest absolute Gasteiger partial charge is 0.497 e. The third-order valence-electron chi connectivity index (χ3n) is 4.25. The second-order valence-electron chi connectivity index (χ2n) is 6.66. The van der Waals surface area contributed by atoms with Gasteiger partial charge in [0.2, 0.25) is 0 Å². The van der Waals surface area contributed by atoms with Gasteiger partial charge < -0.3 is 28.8 Å². The first-order valence-electron chi connectivity index (χ1n) is 9.47. The van der Waals surface area contributed by atoms with Gasteiger partial charge >= 0.3 is 0 Å². The van der Waals surface area contributed by atoms with Crippen molar-refractivity contribution < 1.29 is 28.8 Å². The summed E-state index contributed by atoms with van der Waals surface area (Å²) < 4.78 is 26.9. The molecule has 0 saturated heterocycles. The number of likely N-dealkylation sites (N-methyl/N-ethyl adjacent to an activating group) is 1. The van der Waals surface area contributed by atoms with Crippen molar-refractivity contribution in [3.63, 3.8) is 0 Å². The maximum absolute atomic E-state index is 10.3. The molecule has 0 aliphatic rings. The quantitative estimate of drug-likeness (QED) is 0.514. The lowest BCUT2D eigenvalue weighted by Gasteiger charge is -2.21. The van der Waals surface area contributed by atoms with Gasteiger partial charge in [0, 0.05) is 20.2 Å². The third-order valence-corrected chi connectivity index (χ3v) is 4.25. The lowest BCUT2D eigenvalue weighted by Crippen LogP contribution is -2.32. The van der Waals surface area contributed by atoms with Gasteiger partial charge in [-0.15, -0.1) is 0 Å². The molecular formula is C22H31NO6. The minimum absolute atomic E-state index is 0.213. The fraction of sp³-hybridized carbons (Fsp3) is 0.455. The van der Waals surface area contributed by atoms with E-state index < -0.39 is 6.10 Å². The second kappa shape index (κ2) is 12.2. The summed E-state index contributed by atoms with van der Waals surface area (Å²) in [6.45, 7) is 2.30. The van der Waals surface area contributed by atoms with Gasteiger partial charge in [-0.25, -0.2) is 0 Å². The molecule has 7 heteroatoms. The monoisotopic (exact) mass is 405 g/mol. The van der Waals surface area contributed by atoms with Crippen molar-refractivity contribution in [2.24, 2.45) is 0 Å². The van der Waals surface area contributed by atoms with Crippen molar-refractivity contribution in [2.75, 3.05) is 54.7 Å². The summed E-state index contributed by atoms with van der Waals surface area (Å²) >= 11 is 0. The first-order valence-corrected chi connectivity index (χ1v) is 9.47. The first-order chi connectivity index (χ1) is 14.0. The molecule has 0 bridgehead atoms. The maximum Gasteiger partial charge on any atom is 0.161 e. The van der Waals surface area contributed by atoms with E-state index in [0.717, 1.165) is 11.3 Å². The number of methoxy groups -OCH3 is 3. The van der Waals surface area contributed by atoms with Crippen LogP contribution in [0.25, 0.3) is 0 Å². The fourth-order valence-corrected chi connectivity index (χ4v) is 2.82. The van der Waals surface area contributed by atoms with Crippen LogP contribution in [0.2, 0.25) is 0 Å². The summed E-state index contributed by atoms with van der Waals surface area (Å²) in [5, 5.41) is 10.3. The van der Waals surface area contributed by atoms with Crippen LogP contribution in [0.15, 0.2) is 42.5 Å². The molecule has 0 fully saturated rings. The molecule has 0 unspecified atom stereocenters. The van der Waals surface area contributed by atoms with Gasteiger partial charge in [-0.05, 0) is 49.0 Å². The molecule has 0 spiro atoms. The molecule has 0 saturated carbocycles. The summed E-state index contributed by atoms with van der Waals surface area (Å²) in [4.78, 5) is 2.03. The van der Waals surface area contributed by atoms with Gasteiger partial charge in [-0.3, -0.25) is 4.90 Å². The van der Waals surface area contributed by atoms with Crippen molar-refractivity contribution in [3.05, 3.63) is 48.0 Å². The van der Waals surface area contributed by atoms with Gasteiger partial charge in [0.15, 0.2) is 11.5 Å². The van der Waals surface area contributed by atoms with Crippen molar-refractivity contribution in [3.8, 4) is 23.0 Å². The molecule has 0 heterocycles.